The number of anilines is 1. The van der Waals surface area contributed by atoms with Crippen LogP contribution in [0.2, 0.25) is 0 Å². The largest absolute Gasteiger partial charge is 0.398 e. The topological polar surface area (TPSA) is 38.5 Å². The molecule has 0 radical (unpaired) electrons. The quantitative estimate of drug-likeness (QED) is 0.702. The molecule has 2 aliphatic rings. The lowest BCUT2D eigenvalue weighted by Crippen LogP contribution is -2.30. The highest BCUT2D eigenvalue weighted by atomic mass is 16.5. The van der Waals surface area contributed by atoms with Gasteiger partial charge in [0.25, 0.3) is 0 Å². The third-order valence-electron chi connectivity index (χ3n) is 3.47. The van der Waals surface area contributed by atoms with Gasteiger partial charge >= 0.3 is 0 Å². The molecule has 3 heteroatoms. The monoisotopic (exact) mass is 204 g/mol. The minimum absolute atomic E-state index is 0.594. The Balaban J connectivity index is 1.82. The van der Waals surface area contributed by atoms with Crippen LogP contribution < -0.4 is 5.73 Å². The van der Waals surface area contributed by atoms with Crippen LogP contribution >= 0.6 is 0 Å². The molecule has 80 valence electrons. The first-order valence-electron chi connectivity index (χ1n) is 5.52. The molecule has 0 spiro atoms. The Hall–Kier alpha value is -1.06. The van der Waals surface area contributed by atoms with Gasteiger partial charge < -0.3 is 10.5 Å². The first-order valence-corrected chi connectivity index (χ1v) is 5.52. The van der Waals surface area contributed by atoms with Crippen LogP contribution in [0.25, 0.3) is 0 Å². The van der Waals surface area contributed by atoms with E-state index in [1.165, 1.54) is 11.1 Å². The Morgan fingerprint density at radius 1 is 1.33 bits per heavy atom. The molecule has 3 rings (SSSR count). The van der Waals surface area contributed by atoms with Crippen molar-refractivity contribution in [3.05, 3.63) is 29.3 Å². The van der Waals surface area contributed by atoms with Crippen LogP contribution in [0.3, 0.4) is 0 Å². The van der Waals surface area contributed by atoms with E-state index in [1.807, 2.05) is 12.1 Å². The molecule has 0 bridgehead atoms. The molecular formula is C12H16N2O. The maximum absolute atomic E-state index is 5.97. The van der Waals surface area contributed by atoms with E-state index in [0.29, 0.717) is 6.04 Å². The fraction of sp³-hybridized carbons (Fsp3) is 0.500. The molecule has 0 aliphatic carbocycles. The van der Waals surface area contributed by atoms with Gasteiger partial charge in [-0.3, -0.25) is 4.90 Å². The summed E-state index contributed by atoms with van der Waals surface area (Å²) >= 11 is 0. The summed E-state index contributed by atoms with van der Waals surface area (Å²) in [6.45, 7) is 3.82. The van der Waals surface area contributed by atoms with E-state index in [9.17, 15) is 0 Å². The summed E-state index contributed by atoms with van der Waals surface area (Å²) in [4.78, 5) is 2.48. The van der Waals surface area contributed by atoms with Gasteiger partial charge in [0, 0.05) is 31.4 Å². The second kappa shape index (κ2) is 3.51. The molecule has 0 aromatic heterocycles. The van der Waals surface area contributed by atoms with E-state index in [4.69, 9.17) is 10.5 Å². The summed E-state index contributed by atoms with van der Waals surface area (Å²) in [5, 5.41) is 0. The van der Waals surface area contributed by atoms with E-state index in [-0.39, 0.29) is 0 Å². The summed E-state index contributed by atoms with van der Waals surface area (Å²) in [5.74, 6) is 0. The molecule has 1 saturated heterocycles. The Kier molecular flexibility index (Phi) is 2.15. The van der Waals surface area contributed by atoms with Crippen molar-refractivity contribution < 1.29 is 4.74 Å². The summed E-state index contributed by atoms with van der Waals surface area (Å²) < 4.78 is 5.43. The average molecular weight is 204 g/mol. The van der Waals surface area contributed by atoms with Gasteiger partial charge in [-0.2, -0.15) is 0 Å². The second-order valence-corrected chi connectivity index (χ2v) is 4.41. The van der Waals surface area contributed by atoms with Gasteiger partial charge in [0.05, 0.1) is 6.61 Å². The van der Waals surface area contributed by atoms with Gasteiger partial charge in [0.1, 0.15) is 0 Å². The molecule has 2 heterocycles. The molecule has 1 aromatic carbocycles. The van der Waals surface area contributed by atoms with Crippen LogP contribution in [0.15, 0.2) is 18.2 Å². The highest BCUT2D eigenvalue weighted by Gasteiger charge is 2.29. The van der Waals surface area contributed by atoms with Crippen molar-refractivity contribution in [2.24, 2.45) is 0 Å². The average Bonchev–Trinajstić information content (AvgIpc) is 2.86. The molecule has 1 fully saturated rings. The number of nitrogen functional groups attached to an aromatic ring is 1. The Bertz CT molecular complexity index is 372. The van der Waals surface area contributed by atoms with Crippen molar-refractivity contribution in [2.75, 3.05) is 18.9 Å². The van der Waals surface area contributed by atoms with Crippen LogP contribution in [0.5, 0.6) is 0 Å². The van der Waals surface area contributed by atoms with Crippen molar-refractivity contribution in [3.63, 3.8) is 0 Å². The normalized spacial score (nSPS) is 25.7. The van der Waals surface area contributed by atoms with E-state index >= 15 is 0 Å². The van der Waals surface area contributed by atoms with E-state index in [2.05, 4.69) is 11.0 Å². The third kappa shape index (κ3) is 1.52. The molecule has 2 N–H and O–H groups in total. The fourth-order valence-electron chi connectivity index (χ4n) is 2.54. The SMILES string of the molecule is Nc1cccc2c1CN(C1CCOC1)C2. The molecule has 1 atom stereocenters. The Morgan fingerprint density at radius 3 is 3.00 bits per heavy atom. The van der Waals surface area contributed by atoms with Crippen LogP contribution in [0.4, 0.5) is 5.69 Å². The first kappa shape index (κ1) is 9.19. The van der Waals surface area contributed by atoms with Crippen molar-refractivity contribution in [1.29, 1.82) is 0 Å². The van der Waals surface area contributed by atoms with Crippen molar-refractivity contribution in [2.45, 2.75) is 25.6 Å². The van der Waals surface area contributed by atoms with Gasteiger partial charge in [-0.05, 0) is 23.6 Å². The van der Waals surface area contributed by atoms with Crippen LogP contribution in [0.1, 0.15) is 17.5 Å². The zero-order valence-corrected chi connectivity index (χ0v) is 8.78. The maximum Gasteiger partial charge on any atom is 0.0622 e. The van der Waals surface area contributed by atoms with Crippen molar-refractivity contribution in [1.82, 2.24) is 4.90 Å². The summed E-state index contributed by atoms with van der Waals surface area (Å²) in [5.41, 5.74) is 9.63. The second-order valence-electron chi connectivity index (χ2n) is 4.41. The molecule has 1 unspecified atom stereocenters. The summed E-state index contributed by atoms with van der Waals surface area (Å²) in [7, 11) is 0. The number of nitrogens with two attached hydrogens (primary N) is 1. The third-order valence-corrected chi connectivity index (χ3v) is 3.47. The van der Waals surface area contributed by atoms with Crippen molar-refractivity contribution >= 4 is 5.69 Å². The molecular weight excluding hydrogens is 188 g/mol. The van der Waals surface area contributed by atoms with Gasteiger partial charge in [-0.25, -0.2) is 0 Å². The lowest BCUT2D eigenvalue weighted by molar-refractivity contribution is 0.143. The number of hydrogen-bond donors (Lipinski definition) is 1. The molecule has 1 aromatic rings. The van der Waals surface area contributed by atoms with Crippen LogP contribution in [-0.4, -0.2) is 24.2 Å². The molecule has 0 amide bonds. The van der Waals surface area contributed by atoms with Crippen molar-refractivity contribution in [3.8, 4) is 0 Å². The minimum Gasteiger partial charge on any atom is -0.398 e. The Labute approximate surface area is 89.8 Å². The number of ether oxygens (including phenoxy) is 1. The highest BCUT2D eigenvalue weighted by Crippen LogP contribution is 2.30. The molecule has 0 saturated carbocycles. The smallest absolute Gasteiger partial charge is 0.0622 e. The number of rotatable bonds is 1. The number of fused-ring (bicyclic) bond motifs is 1. The zero-order chi connectivity index (χ0) is 10.3. The van der Waals surface area contributed by atoms with Crippen LogP contribution in [0, 0.1) is 0 Å². The lowest BCUT2D eigenvalue weighted by atomic mass is 10.1. The predicted molar refractivity (Wildman–Crippen MR) is 59.3 cm³/mol. The predicted octanol–water partition coefficient (Wildman–Crippen LogP) is 1.37. The van der Waals surface area contributed by atoms with Gasteiger partial charge in [-0.15, -0.1) is 0 Å². The minimum atomic E-state index is 0.594. The van der Waals surface area contributed by atoms with E-state index in [0.717, 1.165) is 38.4 Å². The number of hydrogen-bond acceptors (Lipinski definition) is 3. The standard InChI is InChI=1S/C12H16N2O/c13-12-3-1-2-9-6-14(7-11(9)12)10-4-5-15-8-10/h1-3,10H,4-8,13H2. The van der Waals surface area contributed by atoms with Gasteiger partial charge in [-0.1, -0.05) is 12.1 Å². The van der Waals surface area contributed by atoms with E-state index < -0.39 is 0 Å². The van der Waals surface area contributed by atoms with Gasteiger partial charge in [0.15, 0.2) is 0 Å². The molecule has 15 heavy (non-hydrogen) atoms. The maximum atomic E-state index is 5.97. The fourth-order valence-corrected chi connectivity index (χ4v) is 2.54. The van der Waals surface area contributed by atoms with Gasteiger partial charge in [0.2, 0.25) is 0 Å². The number of benzene rings is 1. The highest BCUT2D eigenvalue weighted by molar-refractivity contribution is 5.52. The zero-order valence-electron chi connectivity index (χ0n) is 8.78. The lowest BCUT2D eigenvalue weighted by Gasteiger charge is -2.21. The summed E-state index contributed by atoms with van der Waals surface area (Å²) in [6, 6.07) is 6.81. The first-order chi connectivity index (χ1) is 7.34. The summed E-state index contributed by atoms with van der Waals surface area (Å²) in [6.07, 6.45) is 1.16. The Morgan fingerprint density at radius 2 is 2.27 bits per heavy atom. The van der Waals surface area contributed by atoms with E-state index in [1.54, 1.807) is 0 Å². The molecule has 2 aliphatic heterocycles. The number of nitrogens with zero attached hydrogens (tertiary/aromatic N) is 1. The van der Waals surface area contributed by atoms with Crippen LogP contribution in [-0.2, 0) is 17.8 Å². The molecule has 3 nitrogen and oxygen atoms in total.